The van der Waals surface area contributed by atoms with Crippen LogP contribution >= 0.6 is 11.6 Å². The van der Waals surface area contributed by atoms with E-state index in [1.165, 1.54) is 4.90 Å². The number of hydrogen-bond donors (Lipinski definition) is 1. The van der Waals surface area contributed by atoms with E-state index in [0.717, 1.165) is 5.56 Å². The number of hydrogen-bond acceptors (Lipinski definition) is 2. The van der Waals surface area contributed by atoms with Crippen molar-refractivity contribution in [2.24, 2.45) is 0 Å². The zero-order valence-corrected chi connectivity index (χ0v) is 11.3. The molecular weight excluding hydrogens is 252 g/mol. The molecule has 96 valence electrons. The maximum atomic E-state index is 12.3. The van der Waals surface area contributed by atoms with E-state index in [1.54, 1.807) is 26.0 Å². The monoisotopic (exact) mass is 266 g/mol. The zero-order chi connectivity index (χ0) is 13.5. The molecule has 18 heavy (non-hydrogen) atoms. The molecule has 0 unspecified atom stereocenters. The van der Waals surface area contributed by atoms with Crippen LogP contribution in [0.4, 0.5) is 5.69 Å². The highest BCUT2D eigenvalue weighted by atomic mass is 35.5. The van der Waals surface area contributed by atoms with Gasteiger partial charge in [0.05, 0.1) is 0 Å². The van der Waals surface area contributed by atoms with Crippen LogP contribution in [-0.4, -0.2) is 23.9 Å². The highest BCUT2D eigenvalue weighted by Gasteiger charge is 2.39. The van der Waals surface area contributed by atoms with E-state index in [-0.39, 0.29) is 18.4 Å². The van der Waals surface area contributed by atoms with Crippen molar-refractivity contribution in [3.63, 3.8) is 0 Å². The van der Waals surface area contributed by atoms with Gasteiger partial charge in [0, 0.05) is 10.7 Å². The molecule has 0 aliphatic carbocycles. The fourth-order valence-electron chi connectivity index (χ4n) is 1.95. The number of anilines is 1. The average molecular weight is 267 g/mol. The third-order valence-electron chi connectivity index (χ3n) is 3.00. The lowest BCUT2D eigenvalue weighted by Crippen LogP contribution is -2.64. The van der Waals surface area contributed by atoms with Gasteiger partial charge in [-0.1, -0.05) is 17.7 Å². The van der Waals surface area contributed by atoms with Gasteiger partial charge >= 0.3 is 0 Å². The molecule has 0 saturated carbocycles. The quantitative estimate of drug-likeness (QED) is 0.844. The predicted octanol–water partition coefficient (Wildman–Crippen LogP) is 1.89. The van der Waals surface area contributed by atoms with Crippen LogP contribution in [0.5, 0.6) is 0 Å². The van der Waals surface area contributed by atoms with Gasteiger partial charge in [0.15, 0.2) is 0 Å². The summed E-state index contributed by atoms with van der Waals surface area (Å²) in [4.78, 5) is 25.3. The van der Waals surface area contributed by atoms with Crippen LogP contribution in [-0.2, 0) is 9.59 Å². The first-order valence-corrected chi connectivity index (χ1v) is 6.08. The normalized spacial score (nSPS) is 18.8. The Balaban J connectivity index is 2.39. The van der Waals surface area contributed by atoms with E-state index in [2.05, 4.69) is 5.32 Å². The van der Waals surface area contributed by atoms with Crippen LogP contribution in [0.3, 0.4) is 0 Å². The summed E-state index contributed by atoms with van der Waals surface area (Å²) in [5.74, 6) is -0.307. The first-order chi connectivity index (χ1) is 8.31. The van der Waals surface area contributed by atoms with E-state index in [1.807, 2.05) is 13.0 Å². The van der Waals surface area contributed by atoms with Crippen molar-refractivity contribution in [2.75, 3.05) is 11.4 Å². The van der Waals surface area contributed by atoms with Gasteiger partial charge in [0.1, 0.15) is 12.1 Å². The molecule has 2 rings (SSSR count). The van der Waals surface area contributed by atoms with Crippen LogP contribution in [0, 0.1) is 6.92 Å². The maximum absolute atomic E-state index is 12.3. The van der Waals surface area contributed by atoms with Gasteiger partial charge in [-0.3, -0.25) is 9.59 Å². The van der Waals surface area contributed by atoms with Gasteiger partial charge in [-0.05, 0) is 38.5 Å². The van der Waals surface area contributed by atoms with E-state index in [4.69, 9.17) is 11.6 Å². The second-order valence-corrected chi connectivity index (χ2v) is 5.41. The highest BCUT2D eigenvalue weighted by Crippen LogP contribution is 2.26. The second-order valence-electron chi connectivity index (χ2n) is 5.00. The molecule has 1 N–H and O–H groups in total. The van der Waals surface area contributed by atoms with Crippen molar-refractivity contribution < 1.29 is 9.59 Å². The predicted molar refractivity (Wildman–Crippen MR) is 70.8 cm³/mol. The molecule has 0 spiro atoms. The summed E-state index contributed by atoms with van der Waals surface area (Å²) >= 11 is 6.05. The molecule has 2 amide bonds. The molecule has 1 heterocycles. The Hall–Kier alpha value is -1.55. The van der Waals surface area contributed by atoms with E-state index in [9.17, 15) is 9.59 Å². The number of rotatable bonds is 1. The number of nitrogens with zero attached hydrogens (tertiary/aromatic N) is 1. The second kappa shape index (κ2) is 4.28. The van der Waals surface area contributed by atoms with Crippen molar-refractivity contribution in [3.8, 4) is 0 Å². The van der Waals surface area contributed by atoms with E-state index < -0.39 is 5.54 Å². The number of nitrogens with one attached hydrogen (secondary N) is 1. The summed E-state index contributed by atoms with van der Waals surface area (Å²) < 4.78 is 0. The van der Waals surface area contributed by atoms with Crippen LogP contribution in [0.15, 0.2) is 18.2 Å². The van der Waals surface area contributed by atoms with Gasteiger partial charge in [0.25, 0.3) is 5.91 Å². The lowest BCUT2D eigenvalue weighted by Gasteiger charge is -2.37. The fourth-order valence-corrected chi connectivity index (χ4v) is 2.13. The molecule has 1 aliphatic rings. The number of aryl methyl sites for hydroxylation is 1. The molecule has 5 heteroatoms. The Morgan fingerprint density at radius 3 is 2.61 bits per heavy atom. The Morgan fingerprint density at radius 1 is 1.33 bits per heavy atom. The lowest BCUT2D eigenvalue weighted by molar-refractivity contribution is -0.134. The molecular formula is C13H15ClN2O2. The Labute approximate surface area is 111 Å². The highest BCUT2D eigenvalue weighted by molar-refractivity contribution is 6.31. The van der Waals surface area contributed by atoms with Crippen molar-refractivity contribution in [1.29, 1.82) is 0 Å². The number of benzene rings is 1. The Morgan fingerprint density at radius 2 is 2.00 bits per heavy atom. The van der Waals surface area contributed by atoms with Gasteiger partial charge < -0.3 is 10.2 Å². The molecule has 1 aliphatic heterocycles. The third kappa shape index (κ3) is 2.20. The van der Waals surface area contributed by atoms with Crippen LogP contribution < -0.4 is 10.2 Å². The van der Waals surface area contributed by atoms with Gasteiger partial charge in [-0.15, -0.1) is 0 Å². The molecule has 1 saturated heterocycles. The van der Waals surface area contributed by atoms with Crippen molar-refractivity contribution in [3.05, 3.63) is 28.8 Å². The molecule has 1 fully saturated rings. The zero-order valence-electron chi connectivity index (χ0n) is 10.6. The fraction of sp³-hybridized carbons (Fsp3) is 0.385. The summed E-state index contributed by atoms with van der Waals surface area (Å²) in [6, 6.07) is 5.35. The smallest absolute Gasteiger partial charge is 0.252 e. The summed E-state index contributed by atoms with van der Waals surface area (Å²) in [5.41, 5.74) is 0.708. The number of piperazine rings is 1. The van der Waals surface area contributed by atoms with E-state index >= 15 is 0 Å². The van der Waals surface area contributed by atoms with Gasteiger partial charge in [-0.2, -0.15) is 0 Å². The lowest BCUT2D eigenvalue weighted by atomic mass is 10.00. The first kappa shape index (κ1) is 12.9. The molecule has 0 bridgehead atoms. The minimum Gasteiger partial charge on any atom is -0.341 e. The molecule has 0 radical (unpaired) electrons. The number of carbonyl (C=O) groups is 2. The maximum Gasteiger partial charge on any atom is 0.252 e. The number of amides is 2. The van der Waals surface area contributed by atoms with Crippen molar-refractivity contribution in [2.45, 2.75) is 26.3 Å². The summed E-state index contributed by atoms with van der Waals surface area (Å²) in [6.07, 6.45) is 0. The van der Waals surface area contributed by atoms with E-state index in [0.29, 0.717) is 10.7 Å². The summed E-state index contributed by atoms with van der Waals surface area (Å²) in [5, 5.41) is 3.26. The topological polar surface area (TPSA) is 49.4 Å². The van der Waals surface area contributed by atoms with Gasteiger partial charge in [0.2, 0.25) is 5.91 Å². The standard InChI is InChI=1S/C13H15ClN2O2/c1-8-4-5-9(6-10(8)14)16-7-11(17)15-13(2,3)12(16)18/h4-6H,7H2,1-3H3,(H,15,17). The SMILES string of the molecule is Cc1ccc(N2CC(=O)NC(C)(C)C2=O)cc1Cl. The number of carbonyl (C=O) groups excluding carboxylic acids is 2. The summed E-state index contributed by atoms with van der Waals surface area (Å²) in [6.45, 7) is 5.30. The van der Waals surface area contributed by atoms with Gasteiger partial charge in [-0.25, -0.2) is 0 Å². The molecule has 0 atom stereocenters. The minimum atomic E-state index is -0.882. The third-order valence-corrected chi connectivity index (χ3v) is 3.41. The summed E-state index contributed by atoms with van der Waals surface area (Å²) in [7, 11) is 0. The van der Waals surface area contributed by atoms with Crippen LogP contribution in [0.25, 0.3) is 0 Å². The van der Waals surface area contributed by atoms with Crippen LogP contribution in [0.1, 0.15) is 19.4 Å². The molecule has 4 nitrogen and oxygen atoms in total. The Bertz CT molecular complexity index is 526. The molecule has 1 aromatic carbocycles. The molecule has 0 aromatic heterocycles. The number of halogens is 1. The molecule has 1 aromatic rings. The first-order valence-electron chi connectivity index (χ1n) is 5.70. The average Bonchev–Trinajstić information content (AvgIpc) is 2.27. The Kier molecular flexibility index (Phi) is 3.07. The minimum absolute atomic E-state index is 0.0294. The largest absolute Gasteiger partial charge is 0.341 e. The van der Waals surface area contributed by atoms with Crippen molar-refractivity contribution >= 4 is 29.1 Å². The van der Waals surface area contributed by atoms with Crippen molar-refractivity contribution in [1.82, 2.24) is 5.32 Å². The van der Waals surface area contributed by atoms with Crippen LogP contribution in [0.2, 0.25) is 5.02 Å².